The molecule has 1 aromatic heterocycles. The number of aromatic nitrogens is 2. The van der Waals surface area contributed by atoms with Gasteiger partial charge in [0, 0.05) is 32.4 Å². The quantitative estimate of drug-likeness (QED) is 0.494. The minimum Gasteiger partial charge on any atom is -0.385 e. The fraction of sp³-hybridized carbons (Fsp3) is 0.370. The zero-order valence-electron chi connectivity index (χ0n) is 20.1. The smallest absolute Gasteiger partial charge is 0.273 e. The molecule has 0 saturated carbocycles. The second kappa shape index (κ2) is 10.2. The van der Waals surface area contributed by atoms with E-state index in [1.165, 1.54) is 5.56 Å². The predicted molar refractivity (Wildman–Crippen MR) is 131 cm³/mol. The molecule has 34 heavy (non-hydrogen) atoms. The number of nitrogens with one attached hydrogen (secondary N) is 1. The van der Waals surface area contributed by atoms with Gasteiger partial charge in [-0.15, -0.1) is 0 Å². The van der Waals surface area contributed by atoms with Gasteiger partial charge in [0.25, 0.3) is 5.91 Å². The Kier molecular flexibility index (Phi) is 7.12. The first-order valence-corrected chi connectivity index (χ1v) is 11.8. The van der Waals surface area contributed by atoms with Gasteiger partial charge in [-0.1, -0.05) is 61.5 Å². The van der Waals surface area contributed by atoms with Gasteiger partial charge in [-0.2, -0.15) is 5.10 Å². The molecule has 2 heterocycles. The molecule has 0 fully saturated rings. The number of ether oxygens (including phenoxy) is 1. The minimum atomic E-state index is -1.08. The first-order chi connectivity index (χ1) is 16.5. The SMILES string of the molecule is CCc1ccc(CN2C(=O)c3cc(-c4ccccc4)nn3CC2(C)C(=O)NCCCOC)cc1. The molecule has 1 N–H and O–H groups in total. The van der Waals surface area contributed by atoms with Crippen molar-refractivity contribution in [3.63, 3.8) is 0 Å². The van der Waals surface area contributed by atoms with E-state index in [1.54, 1.807) is 16.7 Å². The van der Waals surface area contributed by atoms with Gasteiger partial charge >= 0.3 is 0 Å². The van der Waals surface area contributed by atoms with Crippen molar-refractivity contribution in [1.82, 2.24) is 20.0 Å². The zero-order chi connectivity index (χ0) is 24.1. The van der Waals surface area contributed by atoms with Crippen LogP contribution in [0.15, 0.2) is 60.7 Å². The maximum absolute atomic E-state index is 13.8. The molecule has 1 atom stereocenters. The molecule has 0 spiro atoms. The molecule has 178 valence electrons. The summed E-state index contributed by atoms with van der Waals surface area (Å²) in [6.45, 7) is 5.61. The highest BCUT2D eigenvalue weighted by Gasteiger charge is 2.47. The number of nitrogens with zero attached hydrogens (tertiary/aromatic N) is 3. The van der Waals surface area contributed by atoms with Gasteiger partial charge in [0.2, 0.25) is 5.91 Å². The average Bonchev–Trinajstić information content (AvgIpc) is 3.29. The number of amides is 2. The molecule has 0 radical (unpaired) electrons. The van der Waals surface area contributed by atoms with Gasteiger partial charge in [-0.05, 0) is 37.0 Å². The van der Waals surface area contributed by atoms with Crippen molar-refractivity contribution in [2.75, 3.05) is 20.3 Å². The van der Waals surface area contributed by atoms with Crippen LogP contribution in [0.4, 0.5) is 0 Å². The molecule has 2 amide bonds. The number of hydrogen-bond donors (Lipinski definition) is 1. The number of aryl methyl sites for hydroxylation is 1. The van der Waals surface area contributed by atoms with E-state index in [2.05, 4.69) is 24.4 Å². The summed E-state index contributed by atoms with van der Waals surface area (Å²) in [5.74, 6) is -0.389. The molecule has 7 heteroatoms. The highest BCUT2D eigenvalue weighted by atomic mass is 16.5. The van der Waals surface area contributed by atoms with Crippen LogP contribution in [0.1, 0.15) is 41.9 Å². The lowest BCUT2D eigenvalue weighted by atomic mass is 9.94. The molecular formula is C27H32N4O3. The molecule has 4 rings (SSSR count). The number of methoxy groups -OCH3 is 1. The third-order valence-corrected chi connectivity index (χ3v) is 6.44. The van der Waals surface area contributed by atoms with Crippen LogP contribution in [0.3, 0.4) is 0 Å². The van der Waals surface area contributed by atoms with Crippen LogP contribution in [0.2, 0.25) is 0 Å². The lowest BCUT2D eigenvalue weighted by Gasteiger charge is -2.43. The van der Waals surface area contributed by atoms with E-state index in [4.69, 9.17) is 9.84 Å². The zero-order valence-corrected chi connectivity index (χ0v) is 20.1. The van der Waals surface area contributed by atoms with Gasteiger partial charge in [0.15, 0.2) is 0 Å². The monoisotopic (exact) mass is 460 g/mol. The van der Waals surface area contributed by atoms with Crippen LogP contribution in [0.25, 0.3) is 11.3 Å². The Balaban J connectivity index is 1.67. The van der Waals surface area contributed by atoms with Gasteiger partial charge in [0.1, 0.15) is 11.2 Å². The van der Waals surface area contributed by atoms with Gasteiger partial charge in [-0.25, -0.2) is 0 Å². The summed E-state index contributed by atoms with van der Waals surface area (Å²) < 4.78 is 6.77. The highest BCUT2D eigenvalue weighted by molar-refractivity contribution is 6.00. The molecule has 0 bridgehead atoms. The van der Waals surface area contributed by atoms with Crippen LogP contribution >= 0.6 is 0 Å². The topological polar surface area (TPSA) is 76.5 Å². The Morgan fingerprint density at radius 1 is 1.12 bits per heavy atom. The molecule has 0 saturated heterocycles. The Morgan fingerprint density at radius 3 is 2.50 bits per heavy atom. The molecule has 7 nitrogen and oxygen atoms in total. The summed E-state index contributed by atoms with van der Waals surface area (Å²) in [6.07, 6.45) is 1.65. The van der Waals surface area contributed by atoms with E-state index in [1.807, 2.05) is 55.5 Å². The summed E-state index contributed by atoms with van der Waals surface area (Å²) >= 11 is 0. The Hall–Kier alpha value is -3.45. The second-order valence-electron chi connectivity index (χ2n) is 8.88. The maximum atomic E-state index is 13.8. The molecular weight excluding hydrogens is 428 g/mol. The maximum Gasteiger partial charge on any atom is 0.273 e. The minimum absolute atomic E-state index is 0.190. The van der Waals surface area contributed by atoms with Gasteiger partial charge < -0.3 is 15.0 Å². The predicted octanol–water partition coefficient (Wildman–Crippen LogP) is 3.68. The van der Waals surface area contributed by atoms with Crippen LogP contribution in [0.5, 0.6) is 0 Å². The van der Waals surface area contributed by atoms with E-state index in [0.29, 0.717) is 31.8 Å². The van der Waals surface area contributed by atoms with E-state index in [0.717, 1.165) is 23.2 Å². The Bertz CT molecular complexity index is 1140. The number of benzene rings is 2. The molecule has 2 aromatic carbocycles. The summed E-state index contributed by atoms with van der Waals surface area (Å²) in [5.41, 5.74) is 3.29. The van der Waals surface area contributed by atoms with E-state index in [-0.39, 0.29) is 18.4 Å². The lowest BCUT2D eigenvalue weighted by Crippen LogP contribution is -2.63. The third-order valence-electron chi connectivity index (χ3n) is 6.44. The highest BCUT2D eigenvalue weighted by Crippen LogP contribution is 2.31. The molecule has 3 aromatic rings. The van der Waals surface area contributed by atoms with Crippen LogP contribution in [-0.2, 0) is 29.0 Å². The largest absolute Gasteiger partial charge is 0.385 e. The van der Waals surface area contributed by atoms with Crippen LogP contribution in [-0.4, -0.2) is 52.3 Å². The first-order valence-electron chi connectivity index (χ1n) is 11.8. The Morgan fingerprint density at radius 2 is 1.82 bits per heavy atom. The second-order valence-corrected chi connectivity index (χ2v) is 8.88. The van der Waals surface area contributed by atoms with Crippen LogP contribution < -0.4 is 5.32 Å². The van der Waals surface area contributed by atoms with Crippen molar-refractivity contribution in [1.29, 1.82) is 0 Å². The van der Waals surface area contributed by atoms with Crippen molar-refractivity contribution in [2.45, 2.75) is 45.3 Å². The fourth-order valence-corrected chi connectivity index (χ4v) is 4.31. The van der Waals surface area contributed by atoms with Crippen molar-refractivity contribution >= 4 is 11.8 Å². The van der Waals surface area contributed by atoms with Crippen molar-refractivity contribution in [2.24, 2.45) is 0 Å². The standard InChI is InChI=1S/C27H32N4O3/c1-4-20-11-13-21(14-12-20)18-30-25(32)24-17-23(22-9-6-5-7-10-22)29-31(24)19-27(30,2)26(33)28-15-8-16-34-3/h5-7,9-14,17H,4,8,15-16,18-19H2,1-3H3,(H,28,33). The molecule has 1 aliphatic heterocycles. The first kappa shape index (κ1) is 23.7. The normalized spacial score (nSPS) is 17.5. The fourth-order valence-electron chi connectivity index (χ4n) is 4.31. The lowest BCUT2D eigenvalue weighted by molar-refractivity contribution is -0.133. The average molecular weight is 461 g/mol. The summed E-state index contributed by atoms with van der Waals surface area (Å²) in [7, 11) is 1.64. The van der Waals surface area contributed by atoms with Gasteiger partial charge in [0.05, 0.1) is 12.2 Å². The number of hydrogen-bond acceptors (Lipinski definition) is 4. The molecule has 1 aliphatic rings. The Labute approximate surface area is 200 Å². The van der Waals surface area contributed by atoms with E-state index >= 15 is 0 Å². The summed E-state index contributed by atoms with van der Waals surface area (Å²) in [5, 5.41) is 7.69. The van der Waals surface area contributed by atoms with E-state index < -0.39 is 5.54 Å². The summed E-state index contributed by atoms with van der Waals surface area (Å²) in [6, 6.07) is 19.8. The summed E-state index contributed by atoms with van der Waals surface area (Å²) in [4.78, 5) is 28.9. The van der Waals surface area contributed by atoms with Crippen molar-refractivity contribution < 1.29 is 14.3 Å². The van der Waals surface area contributed by atoms with E-state index in [9.17, 15) is 9.59 Å². The van der Waals surface area contributed by atoms with Crippen molar-refractivity contribution in [3.05, 3.63) is 77.5 Å². The van der Waals surface area contributed by atoms with Crippen LogP contribution in [0, 0.1) is 0 Å². The number of carbonyl (C=O) groups is 2. The number of carbonyl (C=O) groups excluding carboxylic acids is 2. The number of rotatable bonds is 9. The van der Waals surface area contributed by atoms with Crippen molar-refractivity contribution in [3.8, 4) is 11.3 Å². The number of fused-ring (bicyclic) bond motifs is 1. The molecule has 1 unspecified atom stereocenters. The third kappa shape index (κ3) is 4.75. The molecule has 0 aliphatic carbocycles. The van der Waals surface area contributed by atoms with Gasteiger partial charge in [-0.3, -0.25) is 14.3 Å².